The first-order valence-corrected chi connectivity index (χ1v) is 9.00. The molecule has 2 aliphatic rings. The lowest BCUT2D eigenvalue weighted by atomic mass is 9.84. The molecule has 1 aromatic carbocycles. The van der Waals surface area contributed by atoms with Crippen molar-refractivity contribution in [1.29, 1.82) is 0 Å². The normalized spacial score (nSPS) is 20.8. The Morgan fingerprint density at radius 3 is 2.81 bits per heavy atom. The Hall–Kier alpha value is -2.67. The van der Waals surface area contributed by atoms with Gasteiger partial charge in [-0.1, -0.05) is 6.07 Å². The van der Waals surface area contributed by atoms with Crippen LogP contribution in [-0.4, -0.2) is 53.8 Å². The fraction of sp³-hybridized carbons (Fsp3) is 0.400. The second-order valence-corrected chi connectivity index (χ2v) is 6.92. The van der Waals surface area contributed by atoms with Gasteiger partial charge in [0.1, 0.15) is 23.3 Å². The number of carbonyl (C=O) groups excluding carboxylic acids is 1. The summed E-state index contributed by atoms with van der Waals surface area (Å²) in [4.78, 5) is 18.2. The van der Waals surface area contributed by atoms with E-state index in [0.29, 0.717) is 31.3 Å². The van der Waals surface area contributed by atoms with Gasteiger partial charge in [-0.3, -0.25) is 4.79 Å². The van der Waals surface area contributed by atoms with Crippen molar-refractivity contribution in [3.05, 3.63) is 54.5 Å². The van der Waals surface area contributed by atoms with Gasteiger partial charge in [0.15, 0.2) is 6.61 Å². The molecule has 1 atom stereocenters. The molecule has 0 radical (unpaired) electrons. The summed E-state index contributed by atoms with van der Waals surface area (Å²) in [6, 6.07) is 11.2. The summed E-state index contributed by atoms with van der Waals surface area (Å²) in [5.74, 6) is 0.633. The molecule has 1 amide bonds. The zero-order valence-corrected chi connectivity index (χ0v) is 14.8. The molecule has 3 heterocycles. The van der Waals surface area contributed by atoms with Crippen molar-refractivity contribution in [3.63, 3.8) is 0 Å². The third-order valence-electron chi connectivity index (χ3n) is 4.86. The van der Waals surface area contributed by atoms with E-state index in [1.807, 2.05) is 18.2 Å². The summed E-state index contributed by atoms with van der Waals surface area (Å²) >= 11 is 0. The van der Waals surface area contributed by atoms with Gasteiger partial charge < -0.3 is 19.1 Å². The molecular weight excluding hydrogens is 351 g/mol. The molecule has 0 unspecified atom stereocenters. The van der Waals surface area contributed by atoms with Crippen molar-refractivity contribution in [2.45, 2.75) is 24.5 Å². The second kappa shape index (κ2) is 7.52. The SMILES string of the molecule is O=C(COc1ccc(F)cc1)N1CC2(C[C@H](Oc3ccccn3)CCO2)C1. The summed E-state index contributed by atoms with van der Waals surface area (Å²) in [5.41, 5.74) is -0.344. The van der Waals surface area contributed by atoms with Crippen LogP contribution in [0.1, 0.15) is 12.8 Å². The predicted octanol–water partition coefficient (Wildman–Crippen LogP) is 2.44. The maximum Gasteiger partial charge on any atom is 0.260 e. The van der Waals surface area contributed by atoms with Crippen molar-refractivity contribution >= 4 is 5.91 Å². The Morgan fingerprint density at radius 2 is 2.07 bits per heavy atom. The molecule has 0 N–H and O–H groups in total. The van der Waals surface area contributed by atoms with E-state index in [1.54, 1.807) is 11.1 Å². The molecule has 2 aliphatic heterocycles. The van der Waals surface area contributed by atoms with Crippen molar-refractivity contribution in [2.75, 3.05) is 26.3 Å². The van der Waals surface area contributed by atoms with Gasteiger partial charge in [0.2, 0.25) is 5.88 Å². The van der Waals surface area contributed by atoms with Crippen LogP contribution in [-0.2, 0) is 9.53 Å². The molecule has 7 heteroatoms. The number of hydrogen-bond donors (Lipinski definition) is 0. The lowest BCUT2D eigenvalue weighted by Crippen LogP contribution is -2.68. The largest absolute Gasteiger partial charge is 0.484 e. The van der Waals surface area contributed by atoms with Crippen molar-refractivity contribution in [1.82, 2.24) is 9.88 Å². The Morgan fingerprint density at radius 1 is 1.26 bits per heavy atom. The number of carbonyl (C=O) groups is 1. The lowest BCUT2D eigenvalue weighted by Gasteiger charge is -2.52. The summed E-state index contributed by atoms with van der Waals surface area (Å²) in [6.45, 7) is 1.59. The van der Waals surface area contributed by atoms with E-state index in [4.69, 9.17) is 14.2 Å². The van der Waals surface area contributed by atoms with Crippen molar-refractivity contribution < 1.29 is 23.4 Å². The van der Waals surface area contributed by atoms with E-state index in [2.05, 4.69) is 4.98 Å². The van der Waals surface area contributed by atoms with E-state index >= 15 is 0 Å². The minimum atomic E-state index is -0.344. The van der Waals surface area contributed by atoms with Crippen LogP contribution in [0.3, 0.4) is 0 Å². The van der Waals surface area contributed by atoms with Crippen LogP contribution in [0.15, 0.2) is 48.7 Å². The first kappa shape index (κ1) is 17.7. The highest BCUT2D eigenvalue weighted by molar-refractivity contribution is 5.79. The van der Waals surface area contributed by atoms with Gasteiger partial charge in [-0.15, -0.1) is 0 Å². The van der Waals surface area contributed by atoms with Crippen LogP contribution >= 0.6 is 0 Å². The summed E-state index contributed by atoms with van der Waals surface area (Å²) in [6.07, 6.45) is 3.27. The molecule has 2 fully saturated rings. The van der Waals surface area contributed by atoms with Gasteiger partial charge in [-0.2, -0.15) is 0 Å². The minimum Gasteiger partial charge on any atom is -0.484 e. The molecule has 2 saturated heterocycles. The summed E-state index contributed by atoms with van der Waals surface area (Å²) < 4.78 is 30.2. The van der Waals surface area contributed by atoms with E-state index in [0.717, 1.165) is 12.8 Å². The fourth-order valence-electron chi connectivity index (χ4n) is 3.48. The highest BCUT2D eigenvalue weighted by Crippen LogP contribution is 2.35. The number of amides is 1. The molecule has 0 aliphatic carbocycles. The fourth-order valence-corrected chi connectivity index (χ4v) is 3.48. The zero-order chi connectivity index (χ0) is 18.7. The van der Waals surface area contributed by atoms with Gasteiger partial charge in [0.25, 0.3) is 5.91 Å². The molecular formula is C20H21FN2O4. The first-order chi connectivity index (χ1) is 13.1. The summed E-state index contributed by atoms with van der Waals surface area (Å²) in [7, 11) is 0. The maximum absolute atomic E-state index is 12.9. The number of hydrogen-bond acceptors (Lipinski definition) is 5. The Kier molecular flexibility index (Phi) is 4.94. The molecule has 142 valence electrons. The smallest absolute Gasteiger partial charge is 0.260 e. The zero-order valence-electron chi connectivity index (χ0n) is 14.8. The number of likely N-dealkylation sites (tertiary alicyclic amines) is 1. The van der Waals surface area contributed by atoms with Gasteiger partial charge in [-0.05, 0) is 30.3 Å². The number of benzene rings is 1. The molecule has 6 nitrogen and oxygen atoms in total. The number of nitrogens with zero attached hydrogens (tertiary/aromatic N) is 2. The van der Waals surface area contributed by atoms with E-state index in [9.17, 15) is 9.18 Å². The van der Waals surface area contributed by atoms with Crippen LogP contribution in [0.2, 0.25) is 0 Å². The van der Waals surface area contributed by atoms with Crippen LogP contribution in [0.4, 0.5) is 4.39 Å². The highest BCUT2D eigenvalue weighted by Gasteiger charge is 2.50. The topological polar surface area (TPSA) is 60.9 Å². The van der Waals surface area contributed by atoms with Gasteiger partial charge >= 0.3 is 0 Å². The number of rotatable bonds is 5. The average Bonchev–Trinajstić information content (AvgIpc) is 2.66. The van der Waals surface area contributed by atoms with E-state index in [-0.39, 0.29) is 30.0 Å². The molecule has 1 aromatic heterocycles. The van der Waals surface area contributed by atoms with Gasteiger partial charge in [-0.25, -0.2) is 9.37 Å². The monoisotopic (exact) mass is 372 g/mol. The predicted molar refractivity (Wildman–Crippen MR) is 95.0 cm³/mol. The average molecular weight is 372 g/mol. The van der Waals surface area contributed by atoms with E-state index < -0.39 is 0 Å². The molecule has 2 aromatic rings. The number of ether oxygens (including phenoxy) is 3. The first-order valence-electron chi connectivity index (χ1n) is 9.00. The Bertz CT molecular complexity index is 778. The molecule has 0 bridgehead atoms. The molecule has 0 saturated carbocycles. The second-order valence-electron chi connectivity index (χ2n) is 6.92. The highest BCUT2D eigenvalue weighted by atomic mass is 19.1. The van der Waals surface area contributed by atoms with Gasteiger partial charge in [0.05, 0.1) is 19.7 Å². The standard InChI is InChI=1S/C20H21FN2O4/c21-15-4-6-16(7-5-15)25-12-19(24)23-13-20(14-23)11-17(8-10-26-20)27-18-3-1-2-9-22-18/h1-7,9,17H,8,10-14H2/t17-/m1/s1. The lowest BCUT2D eigenvalue weighted by molar-refractivity contribution is -0.194. The van der Waals surface area contributed by atoms with Crippen LogP contribution in [0.25, 0.3) is 0 Å². The minimum absolute atomic E-state index is 0.0290. The van der Waals surface area contributed by atoms with Crippen LogP contribution < -0.4 is 9.47 Å². The van der Waals surface area contributed by atoms with Crippen molar-refractivity contribution in [2.24, 2.45) is 0 Å². The number of halogens is 1. The molecule has 27 heavy (non-hydrogen) atoms. The number of pyridine rings is 1. The van der Waals surface area contributed by atoms with Gasteiger partial charge in [0, 0.05) is 25.1 Å². The third-order valence-corrected chi connectivity index (χ3v) is 4.86. The molecule has 1 spiro atoms. The van der Waals surface area contributed by atoms with Crippen LogP contribution in [0, 0.1) is 5.82 Å². The van der Waals surface area contributed by atoms with Crippen LogP contribution in [0.5, 0.6) is 11.6 Å². The molecule has 4 rings (SSSR count). The maximum atomic E-state index is 12.9. The van der Waals surface area contributed by atoms with Crippen molar-refractivity contribution in [3.8, 4) is 11.6 Å². The Balaban J connectivity index is 1.26. The summed E-state index contributed by atoms with van der Waals surface area (Å²) in [5, 5.41) is 0. The third kappa shape index (κ3) is 4.19. The van der Waals surface area contributed by atoms with E-state index in [1.165, 1.54) is 24.3 Å². The quantitative estimate of drug-likeness (QED) is 0.807. The number of aromatic nitrogens is 1. The Labute approximate surface area is 156 Å².